The van der Waals surface area contributed by atoms with Crippen molar-refractivity contribution in [3.63, 3.8) is 0 Å². The molecule has 0 saturated heterocycles. The minimum absolute atomic E-state index is 0.152. The van der Waals surface area contributed by atoms with E-state index in [1.807, 2.05) is 0 Å². The van der Waals surface area contributed by atoms with Gasteiger partial charge >= 0.3 is 0 Å². The fourth-order valence-electron chi connectivity index (χ4n) is 2.85. The largest absolute Gasteiger partial charge is 0.323 e. The molecule has 17 heavy (non-hydrogen) atoms. The molecule has 2 N–H and O–H groups in total. The van der Waals surface area contributed by atoms with E-state index in [4.69, 9.17) is 5.73 Å². The van der Waals surface area contributed by atoms with Crippen LogP contribution in [0.15, 0.2) is 47.8 Å². The average molecular weight is 243 g/mol. The number of hydrogen-bond donors (Lipinski definition) is 1. The number of thiophene rings is 1. The van der Waals surface area contributed by atoms with Crippen LogP contribution in [-0.4, -0.2) is 0 Å². The summed E-state index contributed by atoms with van der Waals surface area (Å²) < 4.78 is 0. The first-order chi connectivity index (χ1) is 8.33. The number of hydrogen-bond acceptors (Lipinski definition) is 2. The maximum Gasteiger partial charge on any atom is 0.0487 e. The van der Waals surface area contributed by atoms with Gasteiger partial charge in [-0.25, -0.2) is 0 Å². The van der Waals surface area contributed by atoms with Gasteiger partial charge in [-0.05, 0) is 29.9 Å². The SMILES string of the molecule is NC(c1cccs1)C1(c2ccccc2)CCC1. The van der Waals surface area contributed by atoms with Crippen LogP contribution < -0.4 is 5.73 Å². The summed E-state index contributed by atoms with van der Waals surface area (Å²) in [6, 6.07) is 15.2. The molecule has 0 amide bonds. The zero-order chi connectivity index (χ0) is 11.7. The Bertz CT molecular complexity index is 471. The molecule has 1 aliphatic carbocycles. The summed E-state index contributed by atoms with van der Waals surface area (Å²) in [7, 11) is 0. The Kier molecular flexibility index (Phi) is 2.77. The maximum atomic E-state index is 6.52. The Morgan fingerprint density at radius 3 is 2.35 bits per heavy atom. The molecule has 1 unspecified atom stereocenters. The van der Waals surface area contributed by atoms with Crippen molar-refractivity contribution >= 4 is 11.3 Å². The van der Waals surface area contributed by atoms with Crippen LogP contribution in [-0.2, 0) is 5.41 Å². The molecule has 1 aromatic heterocycles. The standard InChI is InChI=1S/C15H17NS/c16-14(13-8-4-11-17-13)15(9-5-10-15)12-6-2-1-3-7-12/h1-4,6-8,11,14H,5,9-10,16H2. The zero-order valence-corrected chi connectivity index (χ0v) is 10.6. The van der Waals surface area contributed by atoms with Crippen LogP contribution in [0.2, 0.25) is 0 Å². The lowest BCUT2D eigenvalue weighted by molar-refractivity contribution is 0.198. The van der Waals surface area contributed by atoms with Crippen molar-refractivity contribution in [2.75, 3.05) is 0 Å². The normalized spacial score (nSPS) is 19.6. The Morgan fingerprint density at radius 2 is 1.82 bits per heavy atom. The van der Waals surface area contributed by atoms with Crippen LogP contribution in [0.5, 0.6) is 0 Å². The van der Waals surface area contributed by atoms with Crippen LogP contribution in [0.1, 0.15) is 35.7 Å². The van der Waals surface area contributed by atoms with E-state index in [1.54, 1.807) is 11.3 Å². The van der Waals surface area contributed by atoms with E-state index >= 15 is 0 Å². The van der Waals surface area contributed by atoms with Gasteiger partial charge in [0, 0.05) is 16.3 Å². The molecule has 1 atom stereocenters. The van der Waals surface area contributed by atoms with E-state index in [2.05, 4.69) is 47.8 Å². The van der Waals surface area contributed by atoms with E-state index in [0.717, 1.165) is 0 Å². The predicted octanol–water partition coefficient (Wildman–Crippen LogP) is 3.87. The molecule has 1 fully saturated rings. The summed E-state index contributed by atoms with van der Waals surface area (Å²) in [4.78, 5) is 1.31. The van der Waals surface area contributed by atoms with Crippen molar-refractivity contribution < 1.29 is 0 Å². The van der Waals surface area contributed by atoms with E-state index in [9.17, 15) is 0 Å². The molecule has 1 saturated carbocycles. The van der Waals surface area contributed by atoms with Gasteiger partial charge in [-0.2, -0.15) is 0 Å². The number of benzene rings is 1. The zero-order valence-electron chi connectivity index (χ0n) is 9.80. The molecule has 1 heterocycles. The molecule has 0 spiro atoms. The molecule has 1 nitrogen and oxygen atoms in total. The molecular weight excluding hydrogens is 226 g/mol. The summed E-state index contributed by atoms with van der Waals surface area (Å²) in [5.74, 6) is 0. The Balaban J connectivity index is 1.98. The molecule has 1 aromatic carbocycles. The summed E-state index contributed by atoms with van der Waals surface area (Å²) in [5.41, 5.74) is 8.12. The van der Waals surface area contributed by atoms with Crippen molar-refractivity contribution in [1.29, 1.82) is 0 Å². The highest BCUT2D eigenvalue weighted by Crippen LogP contribution is 2.51. The van der Waals surface area contributed by atoms with Gasteiger partial charge in [0.2, 0.25) is 0 Å². The Hall–Kier alpha value is -1.12. The molecule has 2 heteroatoms. The second kappa shape index (κ2) is 4.28. The van der Waals surface area contributed by atoms with Gasteiger partial charge in [-0.15, -0.1) is 11.3 Å². The summed E-state index contributed by atoms with van der Waals surface area (Å²) in [5, 5.41) is 2.12. The smallest absolute Gasteiger partial charge is 0.0487 e. The predicted molar refractivity (Wildman–Crippen MR) is 73.2 cm³/mol. The number of nitrogens with two attached hydrogens (primary N) is 1. The molecule has 88 valence electrons. The van der Waals surface area contributed by atoms with E-state index < -0.39 is 0 Å². The summed E-state index contributed by atoms with van der Waals surface area (Å²) in [6.45, 7) is 0. The monoisotopic (exact) mass is 243 g/mol. The highest BCUT2D eigenvalue weighted by molar-refractivity contribution is 7.10. The van der Waals surface area contributed by atoms with Crippen LogP contribution in [0.4, 0.5) is 0 Å². The summed E-state index contributed by atoms with van der Waals surface area (Å²) in [6.07, 6.45) is 3.74. The Morgan fingerprint density at radius 1 is 1.06 bits per heavy atom. The van der Waals surface area contributed by atoms with Crippen LogP contribution >= 0.6 is 11.3 Å². The second-order valence-corrected chi connectivity index (χ2v) is 5.85. The first-order valence-corrected chi connectivity index (χ1v) is 7.05. The minimum Gasteiger partial charge on any atom is -0.323 e. The van der Waals surface area contributed by atoms with Gasteiger partial charge in [0.05, 0.1) is 0 Å². The van der Waals surface area contributed by atoms with Crippen LogP contribution in [0, 0.1) is 0 Å². The molecular formula is C15H17NS. The van der Waals surface area contributed by atoms with Gasteiger partial charge in [-0.1, -0.05) is 42.8 Å². The van der Waals surface area contributed by atoms with Gasteiger partial charge in [-0.3, -0.25) is 0 Å². The molecule has 3 rings (SSSR count). The van der Waals surface area contributed by atoms with Gasteiger partial charge in [0.15, 0.2) is 0 Å². The molecule has 0 bridgehead atoms. The first-order valence-electron chi connectivity index (χ1n) is 6.17. The molecule has 0 aliphatic heterocycles. The van der Waals surface area contributed by atoms with Gasteiger partial charge in [0.25, 0.3) is 0 Å². The average Bonchev–Trinajstić information content (AvgIpc) is 2.82. The third kappa shape index (κ3) is 1.72. The molecule has 1 aliphatic rings. The minimum atomic E-state index is 0.152. The lowest BCUT2D eigenvalue weighted by Crippen LogP contribution is -2.44. The topological polar surface area (TPSA) is 26.0 Å². The number of rotatable bonds is 3. The van der Waals surface area contributed by atoms with Crippen molar-refractivity contribution in [3.05, 3.63) is 58.3 Å². The quantitative estimate of drug-likeness (QED) is 0.870. The third-order valence-corrected chi connectivity index (χ3v) is 4.99. The first kappa shape index (κ1) is 11.0. The highest BCUT2D eigenvalue weighted by Gasteiger charge is 2.44. The van der Waals surface area contributed by atoms with E-state index in [1.165, 1.54) is 29.7 Å². The van der Waals surface area contributed by atoms with Crippen molar-refractivity contribution in [2.24, 2.45) is 5.73 Å². The molecule has 2 aromatic rings. The van der Waals surface area contributed by atoms with Gasteiger partial charge in [0.1, 0.15) is 0 Å². The lowest BCUT2D eigenvalue weighted by atomic mass is 9.60. The third-order valence-electron chi connectivity index (χ3n) is 4.04. The van der Waals surface area contributed by atoms with Crippen LogP contribution in [0.3, 0.4) is 0 Å². The Labute approximate surface area is 106 Å². The molecule has 0 radical (unpaired) electrons. The second-order valence-electron chi connectivity index (χ2n) is 4.87. The fourth-order valence-corrected chi connectivity index (χ4v) is 3.69. The summed E-state index contributed by atoms with van der Waals surface area (Å²) >= 11 is 1.78. The van der Waals surface area contributed by atoms with Gasteiger partial charge < -0.3 is 5.73 Å². The van der Waals surface area contributed by atoms with Crippen molar-refractivity contribution in [3.8, 4) is 0 Å². The maximum absolute atomic E-state index is 6.52. The van der Waals surface area contributed by atoms with Crippen molar-refractivity contribution in [1.82, 2.24) is 0 Å². The van der Waals surface area contributed by atoms with E-state index in [0.29, 0.717) is 0 Å². The van der Waals surface area contributed by atoms with E-state index in [-0.39, 0.29) is 11.5 Å². The van der Waals surface area contributed by atoms with Crippen molar-refractivity contribution in [2.45, 2.75) is 30.7 Å². The lowest BCUT2D eigenvalue weighted by Gasteiger charge is -2.46. The highest BCUT2D eigenvalue weighted by atomic mass is 32.1. The fraction of sp³-hybridized carbons (Fsp3) is 0.333. The van der Waals surface area contributed by atoms with Crippen LogP contribution in [0.25, 0.3) is 0 Å².